The standard InChI is InChI=1S/C7H5ClN4/c8-6-3-1-2-4-7(6)12-5-9-10-11-12/h1-5H. The lowest BCUT2D eigenvalue weighted by molar-refractivity contribution is 0.789. The zero-order chi connectivity index (χ0) is 8.39. The maximum Gasteiger partial charge on any atom is 0.143 e. The second kappa shape index (κ2) is 2.91. The van der Waals surface area contributed by atoms with Gasteiger partial charge in [-0.3, -0.25) is 0 Å². The molecule has 0 spiro atoms. The first-order valence-electron chi connectivity index (χ1n) is 3.36. The summed E-state index contributed by atoms with van der Waals surface area (Å²) in [5, 5.41) is 11.4. The first-order valence-corrected chi connectivity index (χ1v) is 3.73. The average Bonchev–Trinajstić information content (AvgIpc) is 2.57. The van der Waals surface area contributed by atoms with Gasteiger partial charge in [0.2, 0.25) is 0 Å². The van der Waals surface area contributed by atoms with Crippen molar-refractivity contribution in [1.29, 1.82) is 0 Å². The quantitative estimate of drug-likeness (QED) is 0.665. The SMILES string of the molecule is Clc1ccccc1-n1cnnn1. The van der Waals surface area contributed by atoms with Gasteiger partial charge < -0.3 is 0 Å². The Balaban J connectivity index is 2.55. The van der Waals surface area contributed by atoms with Crippen molar-refractivity contribution in [1.82, 2.24) is 20.2 Å². The Morgan fingerprint density at radius 3 is 2.75 bits per heavy atom. The van der Waals surface area contributed by atoms with Gasteiger partial charge in [-0.25, -0.2) is 0 Å². The van der Waals surface area contributed by atoms with Crippen molar-refractivity contribution in [3.8, 4) is 5.69 Å². The van der Waals surface area contributed by atoms with Crippen molar-refractivity contribution in [2.75, 3.05) is 0 Å². The van der Waals surface area contributed by atoms with Crippen molar-refractivity contribution in [3.05, 3.63) is 35.6 Å². The molecule has 2 rings (SSSR count). The van der Waals surface area contributed by atoms with Crippen LogP contribution in [0, 0.1) is 0 Å². The van der Waals surface area contributed by atoms with Crippen molar-refractivity contribution < 1.29 is 0 Å². The Hall–Kier alpha value is -1.42. The molecule has 0 bridgehead atoms. The van der Waals surface area contributed by atoms with Crippen LogP contribution < -0.4 is 0 Å². The molecule has 60 valence electrons. The highest BCUT2D eigenvalue weighted by atomic mass is 35.5. The Morgan fingerprint density at radius 1 is 1.25 bits per heavy atom. The van der Waals surface area contributed by atoms with Gasteiger partial charge in [0.1, 0.15) is 6.33 Å². The summed E-state index contributed by atoms with van der Waals surface area (Å²) in [7, 11) is 0. The number of halogens is 1. The summed E-state index contributed by atoms with van der Waals surface area (Å²) in [4.78, 5) is 0. The number of rotatable bonds is 1. The number of tetrazole rings is 1. The van der Waals surface area contributed by atoms with Crippen LogP contribution in [-0.2, 0) is 0 Å². The molecular formula is C7H5ClN4. The third kappa shape index (κ3) is 1.16. The van der Waals surface area contributed by atoms with E-state index in [1.54, 1.807) is 6.07 Å². The molecule has 0 saturated heterocycles. The summed E-state index contributed by atoms with van der Waals surface area (Å²) < 4.78 is 1.52. The number of hydrogen-bond donors (Lipinski definition) is 0. The molecule has 0 aliphatic rings. The van der Waals surface area contributed by atoms with Gasteiger partial charge in [0.05, 0.1) is 10.7 Å². The predicted octanol–water partition coefficient (Wildman–Crippen LogP) is 1.32. The summed E-state index contributed by atoms with van der Waals surface area (Å²) in [6.45, 7) is 0. The van der Waals surface area contributed by atoms with E-state index in [1.165, 1.54) is 11.0 Å². The molecule has 0 aliphatic heterocycles. The zero-order valence-corrected chi connectivity index (χ0v) is 6.81. The highest BCUT2D eigenvalue weighted by Crippen LogP contribution is 2.17. The summed E-state index contributed by atoms with van der Waals surface area (Å²) in [5.41, 5.74) is 0.782. The molecule has 0 fully saturated rings. The molecule has 0 aliphatic carbocycles. The lowest BCUT2D eigenvalue weighted by atomic mass is 10.3. The molecule has 1 aromatic heterocycles. The predicted molar refractivity (Wildman–Crippen MR) is 44.2 cm³/mol. The van der Waals surface area contributed by atoms with Crippen LogP contribution in [-0.4, -0.2) is 20.2 Å². The molecule has 4 nitrogen and oxygen atoms in total. The highest BCUT2D eigenvalue weighted by Gasteiger charge is 2.00. The van der Waals surface area contributed by atoms with E-state index in [2.05, 4.69) is 15.5 Å². The van der Waals surface area contributed by atoms with E-state index in [1.807, 2.05) is 18.2 Å². The fourth-order valence-electron chi connectivity index (χ4n) is 0.909. The van der Waals surface area contributed by atoms with Gasteiger partial charge in [-0.15, -0.1) is 5.10 Å². The summed E-state index contributed by atoms with van der Waals surface area (Å²) in [5.74, 6) is 0. The van der Waals surface area contributed by atoms with Crippen LogP contribution in [0.3, 0.4) is 0 Å². The average molecular weight is 181 g/mol. The smallest absolute Gasteiger partial charge is 0.143 e. The first kappa shape index (κ1) is 7.24. The lowest BCUT2D eigenvalue weighted by Gasteiger charge is -1.99. The first-order chi connectivity index (χ1) is 5.88. The van der Waals surface area contributed by atoms with Gasteiger partial charge >= 0.3 is 0 Å². The Morgan fingerprint density at radius 2 is 2.08 bits per heavy atom. The summed E-state index contributed by atoms with van der Waals surface area (Å²) in [6, 6.07) is 7.37. The van der Waals surface area contributed by atoms with E-state index in [9.17, 15) is 0 Å². The third-order valence-corrected chi connectivity index (χ3v) is 1.77. The van der Waals surface area contributed by atoms with E-state index in [0.717, 1.165) is 5.69 Å². The monoisotopic (exact) mass is 180 g/mol. The van der Waals surface area contributed by atoms with Crippen LogP contribution in [0.4, 0.5) is 0 Å². The van der Waals surface area contributed by atoms with Gasteiger partial charge in [-0.1, -0.05) is 23.7 Å². The molecule has 12 heavy (non-hydrogen) atoms. The fourth-order valence-corrected chi connectivity index (χ4v) is 1.13. The van der Waals surface area contributed by atoms with Gasteiger partial charge in [-0.2, -0.15) is 4.68 Å². The molecule has 0 radical (unpaired) electrons. The number of para-hydroxylation sites is 1. The number of benzene rings is 1. The van der Waals surface area contributed by atoms with Crippen molar-refractivity contribution >= 4 is 11.6 Å². The minimum Gasteiger partial charge on any atom is -0.199 e. The number of aromatic nitrogens is 4. The minimum atomic E-state index is 0.629. The molecule has 2 aromatic rings. The molecule has 0 amide bonds. The van der Waals surface area contributed by atoms with E-state index < -0.39 is 0 Å². The van der Waals surface area contributed by atoms with Crippen LogP contribution >= 0.6 is 11.6 Å². The van der Waals surface area contributed by atoms with Gasteiger partial charge in [-0.05, 0) is 22.6 Å². The fraction of sp³-hybridized carbons (Fsp3) is 0. The van der Waals surface area contributed by atoms with Crippen LogP contribution in [0.1, 0.15) is 0 Å². The van der Waals surface area contributed by atoms with Gasteiger partial charge in [0, 0.05) is 0 Å². The second-order valence-electron chi connectivity index (χ2n) is 2.21. The Bertz CT molecular complexity index is 371. The van der Waals surface area contributed by atoms with Gasteiger partial charge in [0.15, 0.2) is 0 Å². The second-order valence-corrected chi connectivity index (χ2v) is 2.61. The molecule has 5 heteroatoms. The van der Waals surface area contributed by atoms with Crippen LogP contribution in [0.2, 0.25) is 5.02 Å². The normalized spacial score (nSPS) is 10.1. The molecule has 0 N–H and O–H groups in total. The van der Waals surface area contributed by atoms with E-state index >= 15 is 0 Å². The molecule has 0 atom stereocenters. The van der Waals surface area contributed by atoms with Crippen molar-refractivity contribution in [2.45, 2.75) is 0 Å². The zero-order valence-electron chi connectivity index (χ0n) is 6.05. The molecule has 0 saturated carbocycles. The van der Waals surface area contributed by atoms with Crippen LogP contribution in [0.15, 0.2) is 30.6 Å². The van der Waals surface area contributed by atoms with Gasteiger partial charge in [0.25, 0.3) is 0 Å². The van der Waals surface area contributed by atoms with Crippen molar-refractivity contribution in [2.24, 2.45) is 0 Å². The topological polar surface area (TPSA) is 43.6 Å². The molecule has 1 aromatic carbocycles. The van der Waals surface area contributed by atoms with E-state index in [0.29, 0.717) is 5.02 Å². The largest absolute Gasteiger partial charge is 0.199 e. The number of nitrogens with zero attached hydrogens (tertiary/aromatic N) is 4. The number of hydrogen-bond acceptors (Lipinski definition) is 3. The molecule has 1 heterocycles. The Kier molecular flexibility index (Phi) is 1.75. The Labute approximate surface area is 73.8 Å². The van der Waals surface area contributed by atoms with Crippen LogP contribution in [0.25, 0.3) is 5.69 Å². The van der Waals surface area contributed by atoms with E-state index in [-0.39, 0.29) is 0 Å². The highest BCUT2D eigenvalue weighted by molar-refractivity contribution is 6.32. The maximum absolute atomic E-state index is 5.90. The van der Waals surface area contributed by atoms with E-state index in [4.69, 9.17) is 11.6 Å². The summed E-state index contributed by atoms with van der Waals surface area (Å²) >= 11 is 5.90. The van der Waals surface area contributed by atoms with Crippen LogP contribution in [0.5, 0.6) is 0 Å². The third-order valence-electron chi connectivity index (χ3n) is 1.45. The lowest BCUT2D eigenvalue weighted by Crippen LogP contribution is -1.95. The summed E-state index contributed by atoms with van der Waals surface area (Å²) in [6.07, 6.45) is 1.50. The molecular weight excluding hydrogens is 176 g/mol. The minimum absolute atomic E-state index is 0.629. The molecule has 0 unspecified atom stereocenters. The van der Waals surface area contributed by atoms with Crippen molar-refractivity contribution in [3.63, 3.8) is 0 Å². The maximum atomic E-state index is 5.90.